The first kappa shape index (κ1) is 14.2. The van der Waals surface area contributed by atoms with Crippen molar-refractivity contribution in [1.29, 1.82) is 0 Å². The maximum atomic E-state index is 9.23. The van der Waals surface area contributed by atoms with E-state index in [0.29, 0.717) is 12.6 Å². The predicted octanol–water partition coefficient (Wildman–Crippen LogP) is 2.45. The van der Waals surface area contributed by atoms with Crippen LogP contribution in [-0.2, 0) is 11.3 Å². The Labute approximate surface area is 126 Å². The third kappa shape index (κ3) is 3.10. The van der Waals surface area contributed by atoms with Crippen LogP contribution in [0.25, 0.3) is 10.6 Å². The molecule has 6 heteroatoms. The molecule has 1 fully saturated rings. The van der Waals surface area contributed by atoms with Gasteiger partial charge in [0.2, 0.25) is 0 Å². The summed E-state index contributed by atoms with van der Waals surface area (Å²) in [5.41, 5.74) is 2.30. The van der Waals surface area contributed by atoms with Gasteiger partial charge in [0.15, 0.2) is 0 Å². The molecule has 3 heterocycles. The van der Waals surface area contributed by atoms with Gasteiger partial charge in [0.25, 0.3) is 0 Å². The van der Waals surface area contributed by atoms with Gasteiger partial charge in [-0.1, -0.05) is 0 Å². The van der Waals surface area contributed by atoms with E-state index in [-0.39, 0.29) is 12.7 Å². The van der Waals surface area contributed by atoms with Gasteiger partial charge in [-0.3, -0.25) is 4.90 Å². The number of rotatable bonds is 4. The highest BCUT2D eigenvalue weighted by atomic mass is 32.1. The Bertz CT molecular complexity index is 541. The minimum absolute atomic E-state index is 0.0684. The number of thiophene rings is 1. The normalized spacial score (nSPS) is 24.1. The molecule has 2 aromatic heterocycles. The molecule has 0 aliphatic carbocycles. The van der Waals surface area contributed by atoms with Crippen LogP contribution in [0.5, 0.6) is 0 Å². The molecule has 0 aromatic carbocycles. The Morgan fingerprint density at radius 2 is 2.40 bits per heavy atom. The van der Waals surface area contributed by atoms with Crippen LogP contribution in [0, 0.1) is 0 Å². The highest BCUT2D eigenvalue weighted by Gasteiger charge is 2.26. The number of aliphatic hydroxyl groups excluding tert-OH is 1. The highest BCUT2D eigenvalue weighted by Crippen LogP contribution is 2.26. The van der Waals surface area contributed by atoms with Crippen molar-refractivity contribution in [1.82, 2.24) is 9.88 Å². The molecule has 108 valence electrons. The molecule has 1 saturated heterocycles. The summed E-state index contributed by atoms with van der Waals surface area (Å²) in [6.07, 6.45) is -0.0684. The van der Waals surface area contributed by atoms with Crippen LogP contribution in [0.15, 0.2) is 22.2 Å². The van der Waals surface area contributed by atoms with Crippen LogP contribution < -0.4 is 0 Å². The van der Waals surface area contributed by atoms with Gasteiger partial charge in [0, 0.05) is 35.5 Å². The fourth-order valence-corrected chi connectivity index (χ4v) is 3.84. The fourth-order valence-electron chi connectivity index (χ4n) is 2.31. The van der Waals surface area contributed by atoms with Crippen molar-refractivity contribution < 1.29 is 9.84 Å². The smallest absolute Gasteiger partial charge is 0.124 e. The van der Waals surface area contributed by atoms with E-state index in [2.05, 4.69) is 34.0 Å². The lowest BCUT2D eigenvalue weighted by Gasteiger charge is -2.36. The van der Waals surface area contributed by atoms with E-state index < -0.39 is 0 Å². The van der Waals surface area contributed by atoms with Crippen LogP contribution >= 0.6 is 22.7 Å². The number of morpholine rings is 1. The fraction of sp³-hybridized carbons (Fsp3) is 0.500. The average Bonchev–Trinajstić information content (AvgIpc) is 3.12. The Morgan fingerprint density at radius 3 is 3.15 bits per heavy atom. The zero-order valence-corrected chi connectivity index (χ0v) is 13.0. The van der Waals surface area contributed by atoms with Gasteiger partial charge in [-0.2, -0.15) is 11.3 Å². The molecule has 1 aliphatic rings. The molecule has 0 radical (unpaired) electrons. The van der Waals surface area contributed by atoms with Crippen molar-refractivity contribution >= 4 is 22.7 Å². The van der Waals surface area contributed by atoms with Crippen molar-refractivity contribution in [3.05, 3.63) is 27.9 Å². The van der Waals surface area contributed by atoms with Gasteiger partial charge >= 0.3 is 0 Å². The maximum Gasteiger partial charge on any atom is 0.124 e. The zero-order valence-electron chi connectivity index (χ0n) is 11.4. The molecule has 2 aromatic rings. The van der Waals surface area contributed by atoms with Crippen LogP contribution in [0.4, 0.5) is 0 Å². The van der Waals surface area contributed by atoms with E-state index in [1.54, 1.807) is 22.7 Å². The highest BCUT2D eigenvalue weighted by molar-refractivity contribution is 7.14. The molecule has 1 aliphatic heterocycles. The van der Waals surface area contributed by atoms with Crippen molar-refractivity contribution in [2.75, 3.05) is 19.8 Å². The summed E-state index contributed by atoms with van der Waals surface area (Å²) < 4.78 is 5.56. The molecule has 2 atom stereocenters. The molecule has 4 nitrogen and oxygen atoms in total. The van der Waals surface area contributed by atoms with Crippen molar-refractivity contribution in [2.45, 2.75) is 25.6 Å². The second kappa shape index (κ2) is 6.32. The zero-order chi connectivity index (χ0) is 13.9. The third-order valence-electron chi connectivity index (χ3n) is 3.52. The number of hydrogen-bond acceptors (Lipinski definition) is 6. The Balaban J connectivity index is 1.68. The first-order valence-corrected chi connectivity index (χ1v) is 8.52. The molecule has 0 amide bonds. The Hall–Kier alpha value is -0.790. The topological polar surface area (TPSA) is 45.6 Å². The number of hydrogen-bond donors (Lipinski definition) is 1. The van der Waals surface area contributed by atoms with Crippen molar-refractivity contribution in [3.63, 3.8) is 0 Å². The van der Waals surface area contributed by atoms with Crippen LogP contribution in [-0.4, -0.2) is 46.9 Å². The van der Waals surface area contributed by atoms with Gasteiger partial charge < -0.3 is 9.84 Å². The van der Waals surface area contributed by atoms with Gasteiger partial charge in [0.05, 0.1) is 25.0 Å². The molecule has 1 N–H and O–H groups in total. The molecule has 20 heavy (non-hydrogen) atoms. The number of aliphatic hydroxyl groups is 1. The molecular formula is C14H18N2O2S2. The number of ether oxygens (including phenoxy) is 1. The van der Waals surface area contributed by atoms with Crippen molar-refractivity contribution in [2.24, 2.45) is 0 Å². The van der Waals surface area contributed by atoms with E-state index in [0.717, 1.165) is 23.8 Å². The third-order valence-corrected chi connectivity index (χ3v) is 5.15. The van der Waals surface area contributed by atoms with E-state index in [4.69, 9.17) is 9.72 Å². The standard InChI is InChI=1S/C14H18N2O2S2/c1-10-7-18-13(6-17)5-16(10)4-12-9-20-14(15-12)11-2-3-19-8-11/h2-3,8-10,13,17H,4-7H2,1H3. The lowest BCUT2D eigenvalue weighted by Crippen LogP contribution is -2.48. The number of nitrogens with zero attached hydrogens (tertiary/aromatic N) is 2. The van der Waals surface area contributed by atoms with Crippen molar-refractivity contribution in [3.8, 4) is 10.6 Å². The van der Waals surface area contributed by atoms with Gasteiger partial charge in [0.1, 0.15) is 5.01 Å². The molecule has 0 spiro atoms. The lowest BCUT2D eigenvalue weighted by atomic mass is 10.2. The average molecular weight is 310 g/mol. The summed E-state index contributed by atoms with van der Waals surface area (Å²) >= 11 is 3.39. The minimum atomic E-state index is -0.0684. The number of aromatic nitrogens is 1. The summed E-state index contributed by atoms with van der Waals surface area (Å²) in [7, 11) is 0. The van der Waals surface area contributed by atoms with Crippen LogP contribution in [0.2, 0.25) is 0 Å². The van der Waals surface area contributed by atoms with Crippen LogP contribution in [0.3, 0.4) is 0 Å². The predicted molar refractivity (Wildman–Crippen MR) is 82.1 cm³/mol. The summed E-state index contributed by atoms with van der Waals surface area (Å²) in [5, 5.41) is 16.6. The second-order valence-corrected chi connectivity index (χ2v) is 6.71. The Kier molecular flexibility index (Phi) is 4.48. The summed E-state index contributed by atoms with van der Waals surface area (Å²) in [5.74, 6) is 0. The molecular weight excluding hydrogens is 292 g/mol. The Morgan fingerprint density at radius 1 is 1.50 bits per heavy atom. The largest absolute Gasteiger partial charge is 0.394 e. The molecule has 0 saturated carbocycles. The lowest BCUT2D eigenvalue weighted by molar-refractivity contribution is -0.0808. The second-order valence-electron chi connectivity index (χ2n) is 5.07. The van der Waals surface area contributed by atoms with E-state index in [1.165, 1.54) is 5.56 Å². The van der Waals surface area contributed by atoms with Gasteiger partial charge in [-0.25, -0.2) is 4.98 Å². The van der Waals surface area contributed by atoms with Gasteiger partial charge in [-0.05, 0) is 18.4 Å². The summed E-state index contributed by atoms with van der Waals surface area (Å²) in [4.78, 5) is 7.04. The summed E-state index contributed by atoms with van der Waals surface area (Å²) in [6.45, 7) is 4.50. The minimum Gasteiger partial charge on any atom is -0.394 e. The first-order chi connectivity index (χ1) is 9.76. The van der Waals surface area contributed by atoms with Gasteiger partial charge in [-0.15, -0.1) is 11.3 Å². The van der Waals surface area contributed by atoms with Crippen LogP contribution in [0.1, 0.15) is 12.6 Å². The monoisotopic (exact) mass is 310 g/mol. The molecule has 0 bridgehead atoms. The SMILES string of the molecule is CC1COC(CO)CN1Cc1csc(-c2ccsc2)n1. The quantitative estimate of drug-likeness (QED) is 0.942. The summed E-state index contributed by atoms with van der Waals surface area (Å²) in [6, 6.07) is 2.47. The molecule has 3 rings (SSSR count). The van der Waals surface area contributed by atoms with E-state index >= 15 is 0 Å². The maximum absolute atomic E-state index is 9.23. The van der Waals surface area contributed by atoms with E-state index in [1.807, 2.05) is 0 Å². The first-order valence-electron chi connectivity index (χ1n) is 6.69. The van der Waals surface area contributed by atoms with E-state index in [9.17, 15) is 5.11 Å². The molecule has 2 unspecified atom stereocenters. The number of thiazole rings is 1.